The van der Waals surface area contributed by atoms with Gasteiger partial charge in [0.1, 0.15) is 18.5 Å². The van der Waals surface area contributed by atoms with Crippen LogP contribution in [0.2, 0.25) is 0 Å². The Morgan fingerprint density at radius 2 is 2.28 bits per heavy atom. The van der Waals surface area contributed by atoms with Gasteiger partial charge in [0.2, 0.25) is 5.91 Å². The number of carbonyl (C=O) groups is 1. The molecule has 0 radical (unpaired) electrons. The topological polar surface area (TPSA) is 42.1 Å². The van der Waals surface area contributed by atoms with Crippen molar-refractivity contribution in [1.82, 2.24) is 0 Å². The lowest BCUT2D eigenvalue weighted by molar-refractivity contribution is -0.119. The lowest BCUT2D eigenvalue weighted by Crippen LogP contribution is -2.35. The van der Waals surface area contributed by atoms with Gasteiger partial charge in [-0.3, -0.25) is 4.79 Å². The smallest absolute Gasteiger partial charge is 0.226 e. The Morgan fingerprint density at radius 1 is 1.39 bits per heavy atom. The Hall–Kier alpha value is -1.55. The normalized spacial score (nSPS) is 23.0. The molecule has 4 heteroatoms. The van der Waals surface area contributed by atoms with Gasteiger partial charge in [-0.1, -0.05) is 6.07 Å². The molecule has 2 heterocycles. The summed E-state index contributed by atoms with van der Waals surface area (Å²) in [5.74, 6) is 1.02. The summed E-state index contributed by atoms with van der Waals surface area (Å²) in [5.41, 5.74) is 0.939. The SMILES string of the molecule is O=C1CCCCN1c1cccc(OCC2CO2)c1. The summed E-state index contributed by atoms with van der Waals surface area (Å²) in [6.45, 7) is 2.20. The number of hydrogen-bond donors (Lipinski definition) is 0. The molecule has 0 saturated carbocycles. The van der Waals surface area contributed by atoms with Crippen molar-refractivity contribution in [2.75, 3.05) is 24.7 Å². The average Bonchev–Trinajstić information content (AvgIpc) is 3.21. The third-order valence-electron chi connectivity index (χ3n) is 3.29. The molecule has 2 aliphatic rings. The lowest BCUT2D eigenvalue weighted by Gasteiger charge is -2.27. The highest BCUT2D eigenvalue weighted by Crippen LogP contribution is 2.25. The maximum atomic E-state index is 11.8. The van der Waals surface area contributed by atoms with E-state index >= 15 is 0 Å². The molecule has 1 aromatic rings. The number of carbonyl (C=O) groups excluding carboxylic acids is 1. The van der Waals surface area contributed by atoms with Crippen LogP contribution in [0.25, 0.3) is 0 Å². The van der Waals surface area contributed by atoms with E-state index in [0.29, 0.717) is 13.0 Å². The molecule has 1 atom stereocenters. The number of ether oxygens (including phenoxy) is 2. The van der Waals surface area contributed by atoms with E-state index in [1.807, 2.05) is 29.2 Å². The van der Waals surface area contributed by atoms with Gasteiger partial charge in [-0.2, -0.15) is 0 Å². The average molecular weight is 247 g/mol. The van der Waals surface area contributed by atoms with Gasteiger partial charge in [0.05, 0.1) is 6.61 Å². The highest BCUT2D eigenvalue weighted by atomic mass is 16.6. The largest absolute Gasteiger partial charge is 0.491 e. The van der Waals surface area contributed by atoms with E-state index in [4.69, 9.17) is 9.47 Å². The Bertz CT molecular complexity index is 442. The van der Waals surface area contributed by atoms with Crippen LogP contribution in [0.5, 0.6) is 5.75 Å². The third kappa shape index (κ3) is 2.64. The molecule has 4 nitrogen and oxygen atoms in total. The van der Waals surface area contributed by atoms with Gasteiger partial charge in [-0.05, 0) is 25.0 Å². The third-order valence-corrected chi connectivity index (χ3v) is 3.29. The molecule has 1 aromatic carbocycles. The van der Waals surface area contributed by atoms with Gasteiger partial charge < -0.3 is 14.4 Å². The maximum Gasteiger partial charge on any atom is 0.226 e. The first kappa shape index (κ1) is 11.5. The number of piperidine rings is 1. The summed E-state index contributed by atoms with van der Waals surface area (Å²) in [4.78, 5) is 13.7. The van der Waals surface area contributed by atoms with E-state index < -0.39 is 0 Å². The van der Waals surface area contributed by atoms with Crippen LogP contribution in [0.15, 0.2) is 24.3 Å². The van der Waals surface area contributed by atoms with Gasteiger partial charge in [0, 0.05) is 24.7 Å². The van der Waals surface area contributed by atoms with Gasteiger partial charge >= 0.3 is 0 Å². The van der Waals surface area contributed by atoms with E-state index in [0.717, 1.165) is 37.4 Å². The van der Waals surface area contributed by atoms with Crippen molar-refractivity contribution in [3.05, 3.63) is 24.3 Å². The number of benzene rings is 1. The van der Waals surface area contributed by atoms with Crippen molar-refractivity contribution in [2.24, 2.45) is 0 Å². The summed E-state index contributed by atoms with van der Waals surface area (Å²) in [5, 5.41) is 0. The van der Waals surface area contributed by atoms with Crippen molar-refractivity contribution >= 4 is 11.6 Å². The zero-order valence-electron chi connectivity index (χ0n) is 10.3. The molecule has 18 heavy (non-hydrogen) atoms. The van der Waals surface area contributed by atoms with Gasteiger partial charge in [-0.15, -0.1) is 0 Å². The summed E-state index contributed by atoms with van der Waals surface area (Å²) >= 11 is 0. The lowest BCUT2D eigenvalue weighted by atomic mass is 10.1. The van der Waals surface area contributed by atoms with Crippen LogP contribution in [0.1, 0.15) is 19.3 Å². The summed E-state index contributed by atoms with van der Waals surface area (Å²) < 4.78 is 10.7. The minimum absolute atomic E-state index is 0.212. The first-order valence-corrected chi connectivity index (χ1v) is 6.48. The zero-order chi connectivity index (χ0) is 12.4. The second-order valence-electron chi connectivity index (χ2n) is 4.77. The molecule has 2 aliphatic heterocycles. The summed E-state index contributed by atoms with van der Waals surface area (Å²) in [7, 11) is 0. The Morgan fingerprint density at radius 3 is 3.06 bits per heavy atom. The highest BCUT2D eigenvalue weighted by Gasteiger charge is 2.23. The van der Waals surface area contributed by atoms with Gasteiger partial charge in [0.15, 0.2) is 0 Å². The number of rotatable bonds is 4. The molecule has 1 unspecified atom stereocenters. The van der Waals surface area contributed by atoms with Gasteiger partial charge in [-0.25, -0.2) is 0 Å². The summed E-state index contributed by atoms with van der Waals surface area (Å²) in [6, 6.07) is 7.75. The van der Waals surface area contributed by atoms with Crippen molar-refractivity contribution in [2.45, 2.75) is 25.4 Å². The Kier molecular flexibility index (Phi) is 3.19. The number of hydrogen-bond acceptors (Lipinski definition) is 3. The zero-order valence-corrected chi connectivity index (χ0v) is 10.3. The van der Waals surface area contributed by atoms with E-state index in [-0.39, 0.29) is 12.0 Å². The fraction of sp³-hybridized carbons (Fsp3) is 0.500. The summed E-state index contributed by atoms with van der Waals surface area (Å²) in [6.07, 6.45) is 2.99. The molecule has 2 fully saturated rings. The predicted molar refractivity (Wildman–Crippen MR) is 67.9 cm³/mol. The molecular weight excluding hydrogens is 230 g/mol. The van der Waals surface area contributed by atoms with Gasteiger partial charge in [0.25, 0.3) is 0 Å². The van der Waals surface area contributed by atoms with E-state index in [2.05, 4.69) is 0 Å². The van der Waals surface area contributed by atoms with Crippen LogP contribution in [-0.2, 0) is 9.53 Å². The number of amides is 1. The van der Waals surface area contributed by atoms with E-state index in [9.17, 15) is 4.79 Å². The fourth-order valence-electron chi connectivity index (χ4n) is 2.17. The molecule has 0 aromatic heterocycles. The van der Waals surface area contributed by atoms with E-state index in [1.54, 1.807) is 0 Å². The van der Waals surface area contributed by atoms with Crippen LogP contribution in [0.3, 0.4) is 0 Å². The monoisotopic (exact) mass is 247 g/mol. The van der Waals surface area contributed by atoms with Crippen molar-refractivity contribution in [3.8, 4) is 5.75 Å². The quantitative estimate of drug-likeness (QED) is 0.764. The minimum atomic E-state index is 0.212. The molecule has 0 bridgehead atoms. The molecule has 2 saturated heterocycles. The van der Waals surface area contributed by atoms with Crippen LogP contribution in [0.4, 0.5) is 5.69 Å². The number of nitrogens with zero attached hydrogens (tertiary/aromatic N) is 1. The fourth-order valence-corrected chi connectivity index (χ4v) is 2.17. The molecule has 1 amide bonds. The molecule has 96 valence electrons. The van der Waals surface area contributed by atoms with Crippen LogP contribution < -0.4 is 9.64 Å². The van der Waals surface area contributed by atoms with Crippen LogP contribution >= 0.6 is 0 Å². The van der Waals surface area contributed by atoms with Crippen molar-refractivity contribution in [1.29, 1.82) is 0 Å². The Balaban J connectivity index is 1.70. The number of epoxide rings is 1. The van der Waals surface area contributed by atoms with Crippen molar-refractivity contribution in [3.63, 3.8) is 0 Å². The highest BCUT2D eigenvalue weighted by molar-refractivity contribution is 5.94. The molecule has 3 rings (SSSR count). The first-order valence-electron chi connectivity index (χ1n) is 6.48. The van der Waals surface area contributed by atoms with Crippen LogP contribution in [-0.4, -0.2) is 31.8 Å². The van der Waals surface area contributed by atoms with Crippen molar-refractivity contribution < 1.29 is 14.3 Å². The van der Waals surface area contributed by atoms with E-state index in [1.165, 1.54) is 0 Å². The molecular formula is C14H17NO3. The molecule has 0 N–H and O–H groups in total. The molecule has 0 aliphatic carbocycles. The Labute approximate surface area is 106 Å². The number of anilines is 1. The first-order chi connectivity index (χ1) is 8.83. The second kappa shape index (κ2) is 4.98. The van der Waals surface area contributed by atoms with Crippen LogP contribution in [0, 0.1) is 0 Å². The minimum Gasteiger partial charge on any atom is -0.491 e. The predicted octanol–water partition coefficient (Wildman–Crippen LogP) is 1.98. The second-order valence-corrected chi connectivity index (χ2v) is 4.77. The standard InChI is InChI=1S/C14H17NO3/c16-14-6-1-2-7-15(14)11-4-3-5-12(8-11)17-9-13-10-18-13/h3-5,8,13H,1-2,6-7,9-10H2. The molecule has 0 spiro atoms. The maximum absolute atomic E-state index is 11.8.